The summed E-state index contributed by atoms with van der Waals surface area (Å²) in [6.45, 7) is 4.87. The first-order chi connectivity index (χ1) is 12.0. The third kappa shape index (κ3) is 6.06. The van der Waals surface area contributed by atoms with Gasteiger partial charge in [0.05, 0.1) is 19.3 Å². The van der Waals surface area contributed by atoms with Crippen LogP contribution in [0.1, 0.15) is 20.3 Å². The van der Waals surface area contributed by atoms with Crippen LogP contribution in [0.4, 0.5) is 5.69 Å². The molecule has 1 aliphatic heterocycles. The molecule has 0 radical (unpaired) electrons. The van der Waals surface area contributed by atoms with Crippen LogP contribution in [0.3, 0.4) is 0 Å². The van der Waals surface area contributed by atoms with Crippen LogP contribution in [-0.2, 0) is 14.3 Å². The average molecular weight is 365 g/mol. The van der Waals surface area contributed by atoms with E-state index in [4.69, 9.17) is 9.47 Å². The number of thioether (sulfide) groups is 1. The number of aliphatic imine (C=N–C) groups is 1. The Labute approximate surface area is 151 Å². The number of carbonyl (C=O) groups excluding carboxylic acids is 2. The van der Waals surface area contributed by atoms with Gasteiger partial charge in [-0.1, -0.05) is 11.8 Å². The highest BCUT2D eigenvalue weighted by Crippen LogP contribution is 2.24. The molecule has 1 heterocycles. The normalized spacial score (nSPS) is 19.6. The fourth-order valence-electron chi connectivity index (χ4n) is 2.26. The van der Waals surface area contributed by atoms with Gasteiger partial charge < -0.3 is 20.1 Å². The Morgan fingerprint density at radius 1 is 1.40 bits per heavy atom. The van der Waals surface area contributed by atoms with Crippen LogP contribution in [0.5, 0.6) is 5.75 Å². The van der Waals surface area contributed by atoms with E-state index in [0.29, 0.717) is 24.1 Å². The summed E-state index contributed by atoms with van der Waals surface area (Å²) in [4.78, 5) is 28.5. The van der Waals surface area contributed by atoms with E-state index in [1.807, 2.05) is 13.8 Å². The van der Waals surface area contributed by atoms with Gasteiger partial charge in [0, 0.05) is 19.2 Å². The van der Waals surface area contributed by atoms with Crippen LogP contribution in [0, 0.1) is 0 Å². The van der Waals surface area contributed by atoms with Crippen LogP contribution in [0.15, 0.2) is 29.3 Å². The van der Waals surface area contributed by atoms with E-state index in [9.17, 15) is 9.59 Å². The molecule has 1 saturated heterocycles. The molecule has 7 nitrogen and oxygen atoms in total. The predicted octanol–water partition coefficient (Wildman–Crippen LogP) is 2.04. The molecule has 1 aromatic rings. The van der Waals surface area contributed by atoms with Gasteiger partial charge in [0.25, 0.3) is 0 Å². The number of amides is 2. The molecule has 25 heavy (non-hydrogen) atoms. The summed E-state index contributed by atoms with van der Waals surface area (Å²) in [5.74, 6) is 0.329. The zero-order chi connectivity index (χ0) is 18.2. The number of carbonyl (C=O) groups is 2. The number of nitrogens with zero attached hydrogens (tertiary/aromatic N) is 1. The second-order valence-corrected chi connectivity index (χ2v) is 6.74. The van der Waals surface area contributed by atoms with Gasteiger partial charge in [-0.15, -0.1) is 0 Å². The van der Waals surface area contributed by atoms with Crippen molar-refractivity contribution >= 4 is 34.4 Å². The Kier molecular flexibility index (Phi) is 7.27. The SMILES string of the molecule is CCOc1ccc(NC(=O)CC2SC(=NC(C)COC)NC2=O)cc1. The molecular weight excluding hydrogens is 342 g/mol. The van der Waals surface area contributed by atoms with Gasteiger partial charge in [0.2, 0.25) is 11.8 Å². The Bertz CT molecular complexity index is 633. The number of amidine groups is 1. The van der Waals surface area contributed by atoms with Crippen LogP contribution in [0.2, 0.25) is 0 Å². The smallest absolute Gasteiger partial charge is 0.240 e. The fraction of sp³-hybridized carbons (Fsp3) is 0.471. The highest BCUT2D eigenvalue weighted by atomic mass is 32.2. The summed E-state index contributed by atoms with van der Waals surface area (Å²) >= 11 is 1.27. The maximum Gasteiger partial charge on any atom is 0.240 e. The van der Waals surface area contributed by atoms with Gasteiger partial charge in [-0.25, -0.2) is 0 Å². The number of methoxy groups -OCH3 is 1. The second-order valence-electron chi connectivity index (χ2n) is 5.54. The number of hydrogen-bond donors (Lipinski definition) is 2. The van der Waals surface area contributed by atoms with E-state index >= 15 is 0 Å². The highest BCUT2D eigenvalue weighted by Gasteiger charge is 2.32. The largest absolute Gasteiger partial charge is 0.494 e. The number of rotatable bonds is 8. The minimum absolute atomic E-state index is 0.0516. The van der Waals surface area contributed by atoms with Crippen molar-refractivity contribution in [3.05, 3.63) is 24.3 Å². The van der Waals surface area contributed by atoms with Crippen molar-refractivity contribution < 1.29 is 19.1 Å². The van der Waals surface area contributed by atoms with Gasteiger partial charge in [-0.05, 0) is 38.1 Å². The van der Waals surface area contributed by atoms with E-state index in [1.165, 1.54) is 11.8 Å². The lowest BCUT2D eigenvalue weighted by atomic mass is 10.2. The molecule has 0 bridgehead atoms. The third-order valence-electron chi connectivity index (χ3n) is 3.34. The summed E-state index contributed by atoms with van der Waals surface area (Å²) in [5, 5.41) is 5.55. The van der Waals surface area contributed by atoms with E-state index in [2.05, 4.69) is 15.6 Å². The zero-order valence-electron chi connectivity index (χ0n) is 14.6. The molecule has 0 aromatic heterocycles. The van der Waals surface area contributed by atoms with Crippen molar-refractivity contribution in [2.45, 2.75) is 31.6 Å². The maximum atomic E-state index is 12.2. The highest BCUT2D eigenvalue weighted by molar-refractivity contribution is 8.15. The van der Waals surface area contributed by atoms with Gasteiger partial charge in [0.15, 0.2) is 5.17 Å². The lowest BCUT2D eigenvalue weighted by molar-refractivity contribution is -0.122. The number of anilines is 1. The molecule has 2 amide bonds. The molecule has 0 saturated carbocycles. The molecule has 2 atom stereocenters. The summed E-state index contributed by atoms with van der Waals surface area (Å²) in [7, 11) is 1.60. The first-order valence-electron chi connectivity index (χ1n) is 8.08. The minimum Gasteiger partial charge on any atom is -0.494 e. The summed E-state index contributed by atoms with van der Waals surface area (Å²) < 4.78 is 10.4. The van der Waals surface area contributed by atoms with Crippen LogP contribution < -0.4 is 15.4 Å². The van der Waals surface area contributed by atoms with Crippen molar-refractivity contribution in [2.24, 2.45) is 4.99 Å². The molecule has 8 heteroatoms. The molecule has 0 spiro atoms. The quantitative estimate of drug-likeness (QED) is 0.736. The first-order valence-corrected chi connectivity index (χ1v) is 8.96. The third-order valence-corrected chi connectivity index (χ3v) is 4.44. The van der Waals surface area contributed by atoms with Gasteiger partial charge >= 0.3 is 0 Å². The maximum absolute atomic E-state index is 12.2. The minimum atomic E-state index is -0.476. The number of ether oxygens (including phenoxy) is 2. The average Bonchev–Trinajstić information content (AvgIpc) is 2.89. The molecule has 0 aliphatic carbocycles. The predicted molar refractivity (Wildman–Crippen MR) is 99.2 cm³/mol. The molecule has 2 unspecified atom stereocenters. The molecule has 2 N–H and O–H groups in total. The van der Waals surface area contributed by atoms with E-state index in [1.54, 1.807) is 31.4 Å². The van der Waals surface area contributed by atoms with Gasteiger partial charge in [-0.3, -0.25) is 14.6 Å². The van der Waals surface area contributed by atoms with Crippen LogP contribution >= 0.6 is 11.8 Å². The molecule has 2 rings (SSSR count). The Morgan fingerprint density at radius 3 is 2.76 bits per heavy atom. The van der Waals surface area contributed by atoms with Crippen LogP contribution in [-0.4, -0.2) is 48.6 Å². The Balaban J connectivity index is 1.86. The number of hydrogen-bond acceptors (Lipinski definition) is 6. The van der Waals surface area contributed by atoms with E-state index in [0.717, 1.165) is 5.75 Å². The van der Waals surface area contributed by atoms with E-state index in [-0.39, 0.29) is 24.3 Å². The Hall–Kier alpha value is -2.06. The fourth-order valence-corrected chi connectivity index (χ4v) is 3.33. The van der Waals surface area contributed by atoms with Crippen molar-refractivity contribution in [3.63, 3.8) is 0 Å². The van der Waals surface area contributed by atoms with Crippen LogP contribution in [0.25, 0.3) is 0 Å². The van der Waals surface area contributed by atoms with Crippen molar-refractivity contribution in [1.82, 2.24) is 5.32 Å². The number of nitrogens with one attached hydrogen (secondary N) is 2. The topological polar surface area (TPSA) is 89.0 Å². The van der Waals surface area contributed by atoms with Crippen molar-refractivity contribution in [3.8, 4) is 5.75 Å². The summed E-state index contributed by atoms with van der Waals surface area (Å²) in [6, 6.07) is 7.06. The number of benzene rings is 1. The zero-order valence-corrected chi connectivity index (χ0v) is 15.4. The molecular formula is C17H23N3O4S. The van der Waals surface area contributed by atoms with Gasteiger partial charge in [0.1, 0.15) is 11.0 Å². The summed E-state index contributed by atoms with van der Waals surface area (Å²) in [5.41, 5.74) is 0.666. The molecule has 1 fully saturated rings. The van der Waals surface area contributed by atoms with Crippen molar-refractivity contribution in [2.75, 3.05) is 25.6 Å². The lowest BCUT2D eigenvalue weighted by Gasteiger charge is -2.08. The Morgan fingerprint density at radius 2 is 2.12 bits per heavy atom. The lowest BCUT2D eigenvalue weighted by Crippen LogP contribution is -2.28. The summed E-state index contributed by atoms with van der Waals surface area (Å²) in [6.07, 6.45) is 0.0847. The van der Waals surface area contributed by atoms with Crippen molar-refractivity contribution in [1.29, 1.82) is 0 Å². The van der Waals surface area contributed by atoms with E-state index < -0.39 is 5.25 Å². The second kappa shape index (κ2) is 9.43. The molecule has 136 valence electrons. The standard InChI is InChI=1S/C17H23N3O4S/c1-4-24-13-7-5-12(6-8-13)19-15(21)9-14-16(22)20-17(25-14)18-11(2)10-23-3/h5-8,11,14H,4,9-10H2,1-3H3,(H,19,21)(H,18,20,22). The van der Waals surface area contributed by atoms with Gasteiger partial charge in [-0.2, -0.15) is 0 Å². The molecule has 1 aliphatic rings. The molecule has 1 aromatic carbocycles. The first kappa shape index (κ1) is 19.3. The monoisotopic (exact) mass is 365 g/mol.